The molecule has 0 amide bonds. The minimum atomic E-state index is -0.390. The fraction of sp³-hybridized carbons (Fsp3) is 0.386. The number of hydrogen-bond acceptors (Lipinski definition) is 4. The van der Waals surface area contributed by atoms with Crippen LogP contribution in [0.1, 0.15) is 101 Å². The molecule has 2 aromatic carbocycles. The smallest absolute Gasteiger partial charge is 0.336 e. The van der Waals surface area contributed by atoms with Crippen LogP contribution in [0.5, 0.6) is 17.2 Å². The van der Waals surface area contributed by atoms with Crippen LogP contribution in [0.3, 0.4) is 0 Å². The summed E-state index contributed by atoms with van der Waals surface area (Å²) in [7, 11) is 3.31. The second kappa shape index (κ2) is 26.9. The average Bonchev–Trinajstić information content (AvgIpc) is 3.10. The van der Waals surface area contributed by atoms with Crippen LogP contribution in [0.4, 0.5) is 0 Å². The molecule has 0 aliphatic rings. The van der Waals surface area contributed by atoms with Crippen molar-refractivity contribution >= 4 is 23.6 Å². The van der Waals surface area contributed by atoms with E-state index >= 15 is 0 Å². The summed E-state index contributed by atoms with van der Waals surface area (Å²) in [5.74, 6) is 1.72. The van der Waals surface area contributed by atoms with Crippen molar-refractivity contribution in [2.45, 2.75) is 97.3 Å². The van der Waals surface area contributed by atoms with Crippen molar-refractivity contribution in [3.05, 3.63) is 131 Å². The van der Waals surface area contributed by atoms with Crippen molar-refractivity contribution < 1.29 is 19.0 Å². The highest BCUT2D eigenvalue weighted by atomic mass is 35.5. The molecule has 264 valence electrons. The lowest BCUT2D eigenvalue weighted by atomic mass is 9.99. The molecule has 0 heterocycles. The Morgan fingerprint density at radius 3 is 1.69 bits per heavy atom. The van der Waals surface area contributed by atoms with Gasteiger partial charge in [0.25, 0.3) is 0 Å². The molecule has 0 atom stereocenters. The molecule has 2 rings (SSSR count). The Morgan fingerprint density at radius 1 is 0.592 bits per heavy atom. The highest BCUT2D eigenvalue weighted by molar-refractivity contribution is 6.32. The number of rotatable bonds is 24. The molecule has 0 aliphatic heterocycles. The van der Waals surface area contributed by atoms with Crippen LogP contribution in [-0.2, 0) is 17.6 Å². The summed E-state index contributed by atoms with van der Waals surface area (Å²) in [6.07, 6.45) is 41.6. The molecule has 0 radical (unpaired) electrons. The molecule has 0 aromatic heterocycles. The molecular weight excluding hydrogens is 628 g/mol. The number of aryl methyl sites for hydroxylation is 1. The van der Waals surface area contributed by atoms with Crippen LogP contribution >= 0.6 is 11.6 Å². The molecule has 5 heteroatoms. The summed E-state index contributed by atoms with van der Waals surface area (Å²) < 4.78 is 16.9. The Kier molecular flexibility index (Phi) is 22.6. The van der Waals surface area contributed by atoms with E-state index in [9.17, 15) is 4.79 Å². The van der Waals surface area contributed by atoms with Gasteiger partial charge in [0.05, 0.1) is 19.2 Å². The first-order chi connectivity index (χ1) is 24.0. The van der Waals surface area contributed by atoms with Gasteiger partial charge < -0.3 is 14.2 Å². The fourth-order valence-corrected chi connectivity index (χ4v) is 5.49. The van der Waals surface area contributed by atoms with E-state index in [2.05, 4.69) is 19.9 Å². The molecule has 0 unspecified atom stereocenters. The number of carbonyl (C=O) groups is 1. The van der Waals surface area contributed by atoms with Gasteiger partial charge in [0.1, 0.15) is 17.2 Å². The van der Waals surface area contributed by atoms with Crippen LogP contribution in [-0.4, -0.2) is 20.2 Å². The van der Waals surface area contributed by atoms with E-state index in [4.69, 9.17) is 25.8 Å². The summed E-state index contributed by atoms with van der Waals surface area (Å²) in [6.45, 7) is 4.45. The van der Waals surface area contributed by atoms with Crippen LogP contribution in [0.25, 0.3) is 6.08 Å². The van der Waals surface area contributed by atoms with E-state index < -0.39 is 0 Å². The van der Waals surface area contributed by atoms with Gasteiger partial charge in [0, 0.05) is 11.6 Å². The third kappa shape index (κ3) is 18.4. The van der Waals surface area contributed by atoms with Gasteiger partial charge in [-0.05, 0) is 61.1 Å². The standard InChI is InChI=1S/C44H57ClO4/c1-5-7-9-10-11-19-22-26-30-39-42(48-4)35-38(29-24-8-6-2)36-43(39)49-44(46)31-27-23-20-17-15-13-12-14-16-18-21-25-28-37-32-33-41(47-3)40(45)34-37/h12-18,20-21,23,25,27-28,31-36H,5-11,19,22,24,26,29-30H2,1-4H3/b13-12+,16-14+,17-15+,21-18+,23-20+,28-25+,31-27+. The topological polar surface area (TPSA) is 44.8 Å². The van der Waals surface area contributed by atoms with Crippen LogP contribution < -0.4 is 14.2 Å². The number of methoxy groups -OCH3 is 2. The van der Waals surface area contributed by atoms with E-state index in [1.54, 1.807) is 20.3 Å². The van der Waals surface area contributed by atoms with Crippen LogP contribution in [0.2, 0.25) is 5.02 Å². The van der Waals surface area contributed by atoms with Crippen molar-refractivity contribution in [1.29, 1.82) is 0 Å². The maximum atomic E-state index is 12.8. The third-order valence-electron chi connectivity index (χ3n) is 7.93. The predicted molar refractivity (Wildman–Crippen MR) is 210 cm³/mol. The lowest BCUT2D eigenvalue weighted by molar-refractivity contribution is -0.129. The number of halogens is 1. The number of ether oxygens (including phenoxy) is 3. The largest absolute Gasteiger partial charge is 0.496 e. The zero-order valence-corrected chi connectivity index (χ0v) is 30.9. The molecule has 0 fully saturated rings. The van der Waals surface area contributed by atoms with Gasteiger partial charge in [0.15, 0.2) is 0 Å². The summed E-state index contributed by atoms with van der Waals surface area (Å²) in [6, 6.07) is 9.84. The Hall–Kier alpha value is -4.02. The average molecular weight is 685 g/mol. The second-order valence-electron chi connectivity index (χ2n) is 11.9. The molecule has 0 saturated carbocycles. The molecule has 0 N–H and O–H groups in total. The third-order valence-corrected chi connectivity index (χ3v) is 8.22. The molecule has 0 spiro atoms. The maximum Gasteiger partial charge on any atom is 0.336 e. The summed E-state index contributed by atoms with van der Waals surface area (Å²) in [5, 5.41) is 0.592. The summed E-state index contributed by atoms with van der Waals surface area (Å²) >= 11 is 6.16. The predicted octanol–water partition coefficient (Wildman–Crippen LogP) is 12.7. The van der Waals surface area contributed by atoms with E-state index in [0.29, 0.717) is 16.5 Å². The van der Waals surface area contributed by atoms with Gasteiger partial charge in [-0.15, -0.1) is 0 Å². The van der Waals surface area contributed by atoms with Crippen molar-refractivity contribution in [2.24, 2.45) is 0 Å². The van der Waals surface area contributed by atoms with Gasteiger partial charge in [-0.25, -0.2) is 4.79 Å². The van der Waals surface area contributed by atoms with Gasteiger partial charge in [-0.2, -0.15) is 0 Å². The first-order valence-electron chi connectivity index (χ1n) is 18.0. The highest BCUT2D eigenvalue weighted by Crippen LogP contribution is 2.33. The Balaban J connectivity index is 1.87. The minimum absolute atomic E-state index is 0.390. The van der Waals surface area contributed by atoms with E-state index in [1.165, 1.54) is 57.4 Å². The number of esters is 1. The lowest BCUT2D eigenvalue weighted by Crippen LogP contribution is -2.08. The number of benzene rings is 2. The highest BCUT2D eigenvalue weighted by Gasteiger charge is 2.15. The first-order valence-corrected chi connectivity index (χ1v) is 18.3. The fourth-order valence-electron chi connectivity index (χ4n) is 5.22. The van der Waals surface area contributed by atoms with E-state index in [1.807, 2.05) is 97.2 Å². The normalized spacial score (nSPS) is 12.3. The zero-order valence-electron chi connectivity index (χ0n) is 30.2. The van der Waals surface area contributed by atoms with Crippen molar-refractivity contribution in [3.63, 3.8) is 0 Å². The Morgan fingerprint density at radius 2 is 1.10 bits per heavy atom. The number of carbonyl (C=O) groups excluding carboxylic acids is 1. The first kappa shape index (κ1) is 41.2. The SMILES string of the molecule is CCCCCCCCCCc1c(OC)cc(CCCCC)cc1OC(=O)/C=C/C=C/C=C/C=C/C=C/C=C/C=C/c1ccc(OC)c(Cl)c1. The van der Waals surface area contributed by atoms with E-state index in [-0.39, 0.29) is 5.97 Å². The van der Waals surface area contributed by atoms with E-state index in [0.717, 1.165) is 54.5 Å². The lowest BCUT2D eigenvalue weighted by Gasteiger charge is -2.16. The molecule has 2 aromatic rings. The second-order valence-corrected chi connectivity index (χ2v) is 12.3. The van der Waals surface area contributed by atoms with Crippen molar-refractivity contribution in [3.8, 4) is 17.2 Å². The summed E-state index contributed by atoms with van der Waals surface area (Å²) in [4.78, 5) is 12.8. The molecule has 0 bridgehead atoms. The van der Waals surface area contributed by atoms with Gasteiger partial charge >= 0.3 is 5.97 Å². The van der Waals surface area contributed by atoms with Crippen LogP contribution in [0.15, 0.2) is 109 Å². The van der Waals surface area contributed by atoms with Crippen molar-refractivity contribution in [2.75, 3.05) is 14.2 Å². The summed E-state index contributed by atoms with van der Waals surface area (Å²) in [5.41, 5.74) is 3.14. The van der Waals surface area contributed by atoms with Gasteiger partial charge in [-0.3, -0.25) is 0 Å². The monoisotopic (exact) mass is 684 g/mol. The Bertz CT molecular complexity index is 1440. The number of allylic oxidation sites excluding steroid dienone is 12. The van der Waals surface area contributed by atoms with Crippen LogP contribution in [0, 0.1) is 0 Å². The quantitative estimate of drug-likeness (QED) is 0.0363. The Labute approximate surface area is 301 Å². The molecule has 4 nitrogen and oxygen atoms in total. The number of hydrogen-bond donors (Lipinski definition) is 0. The number of unbranched alkanes of at least 4 members (excludes halogenated alkanes) is 9. The molecular formula is C44H57ClO4. The maximum absolute atomic E-state index is 12.8. The molecule has 0 saturated heterocycles. The zero-order chi connectivity index (χ0) is 35.4. The van der Waals surface area contributed by atoms with Gasteiger partial charge in [-0.1, -0.05) is 168 Å². The van der Waals surface area contributed by atoms with Crippen molar-refractivity contribution in [1.82, 2.24) is 0 Å². The molecule has 49 heavy (non-hydrogen) atoms. The minimum Gasteiger partial charge on any atom is -0.496 e. The molecule has 0 aliphatic carbocycles. The van der Waals surface area contributed by atoms with Gasteiger partial charge in [0.2, 0.25) is 0 Å².